The van der Waals surface area contributed by atoms with E-state index < -0.39 is 29.8 Å². The summed E-state index contributed by atoms with van der Waals surface area (Å²) in [6, 6.07) is 12.5. The Morgan fingerprint density at radius 1 is 1.03 bits per heavy atom. The average molecular weight is 423 g/mol. The molecule has 0 saturated carbocycles. The van der Waals surface area contributed by atoms with Crippen molar-refractivity contribution in [2.75, 3.05) is 11.9 Å². The maximum atomic E-state index is 12.9. The molecule has 0 aliphatic rings. The summed E-state index contributed by atoms with van der Waals surface area (Å²) in [7, 11) is 0. The zero-order chi connectivity index (χ0) is 22.0. The maximum Gasteiger partial charge on any atom is 0.416 e. The van der Waals surface area contributed by atoms with E-state index >= 15 is 0 Å². The van der Waals surface area contributed by atoms with Crippen LogP contribution in [0.2, 0.25) is 0 Å². The van der Waals surface area contributed by atoms with Crippen molar-refractivity contribution in [1.82, 2.24) is 5.32 Å². The monoisotopic (exact) mass is 423 g/mol. The SMILES string of the molecule is NCCCC[C@H](Nc1cccc(C(F)(F)F)c1)C(=O)NC(=O)OCc1ccccc1. The number of alkyl halides is 3. The fraction of sp³-hybridized carbons (Fsp3) is 0.333. The van der Waals surface area contributed by atoms with Crippen LogP contribution >= 0.6 is 0 Å². The van der Waals surface area contributed by atoms with E-state index in [1.807, 2.05) is 6.07 Å². The number of ether oxygens (including phenoxy) is 1. The zero-order valence-electron chi connectivity index (χ0n) is 16.2. The van der Waals surface area contributed by atoms with Gasteiger partial charge >= 0.3 is 12.3 Å². The number of alkyl carbamates (subject to hydrolysis) is 1. The summed E-state index contributed by atoms with van der Waals surface area (Å²) in [5.41, 5.74) is 5.50. The largest absolute Gasteiger partial charge is 0.444 e. The highest BCUT2D eigenvalue weighted by molar-refractivity contribution is 5.96. The zero-order valence-corrected chi connectivity index (χ0v) is 16.2. The van der Waals surface area contributed by atoms with Gasteiger partial charge in [-0.1, -0.05) is 36.4 Å². The Hall–Kier alpha value is -3.07. The number of nitrogens with one attached hydrogen (secondary N) is 2. The predicted octanol–water partition coefficient (Wildman–Crippen LogP) is 4.07. The molecule has 0 heterocycles. The van der Waals surface area contributed by atoms with E-state index in [1.54, 1.807) is 24.3 Å². The number of carbonyl (C=O) groups excluding carboxylic acids is 2. The van der Waals surface area contributed by atoms with Crippen molar-refractivity contribution in [2.24, 2.45) is 5.73 Å². The summed E-state index contributed by atoms with van der Waals surface area (Å²) in [6.07, 6.45) is -3.97. The quantitative estimate of drug-likeness (QED) is 0.529. The van der Waals surface area contributed by atoms with Crippen LogP contribution in [0.25, 0.3) is 0 Å². The number of amides is 2. The third-order valence-corrected chi connectivity index (χ3v) is 4.23. The topological polar surface area (TPSA) is 93.5 Å². The van der Waals surface area contributed by atoms with Gasteiger partial charge in [0.2, 0.25) is 0 Å². The smallest absolute Gasteiger partial charge is 0.416 e. The summed E-state index contributed by atoms with van der Waals surface area (Å²) >= 11 is 0. The van der Waals surface area contributed by atoms with Crippen LogP contribution in [0.4, 0.5) is 23.7 Å². The number of carbonyl (C=O) groups is 2. The second-order valence-corrected chi connectivity index (χ2v) is 6.61. The van der Waals surface area contributed by atoms with E-state index in [-0.39, 0.29) is 18.7 Å². The van der Waals surface area contributed by atoms with Crippen molar-refractivity contribution in [2.45, 2.75) is 38.1 Å². The molecule has 0 aliphatic heterocycles. The lowest BCUT2D eigenvalue weighted by molar-refractivity contribution is -0.137. The Balaban J connectivity index is 2.00. The van der Waals surface area contributed by atoms with Crippen LogP contribution in [0.3, 0.4) is 0 Å². The van der Waals surface area contributed by atoms with E-state index in [0.717, 1.165) is 17.7 Å². The van der Waals surface area contributed by atoms with Crippen molar-refractivity contribution in [3.05, 3.63) is 65.7 Å². The van der Waals surface area contributed by atoms with Crippen molar-refractivity contribution in [3.63, 3.8) is 0 Å². The Kier molecular flexibility index (Phi) is 8.67. The molecule has 0 bridgehead atoms. The van der Waals surface area contributed by atoms with Crippen LogP contribution in [0.1, 0.15) is 30.4 Å². The third-order valence-electron chi connectivity index (χ3n) is 4.23. The van der Waals surface area contributed by atoms with Crippen LogP contribution in [-0.4, -0.2) is 24.6 Å². The summed E-state index contributed by atoms with van der Waals surface area (Å²) in [5.74, 6) is -0.692. The third kappa shape index (κ3) is 7.75. The molecule has 0 aliphatic carbocycles. The Bertz CT molecular complexity index is 829. The molecule has 0 saturated heterocycles. The van der Waals surface area contributed by atoms with Gasteiger partial charge < -0.3 is 15.8 Å². The Morgan fingerprint density at radius 3 is 2.43 bits per heavy atom. The number of halogens is 3. The number of nitrogens with two attached hydrogens (primary N) is 1. The van der Waals surface area contributed by atoms with Gasteiger partial charge in [0.25, 0.3) is 5.91 Å². The van der Waals surface area contributed by atoms with E-state index in [2.05, 4.69) is 10.6 Å². The molecular formula is C21H24F3N3O3. The molecule has 2 aromatic rings. The summed E-state index contributed by atoms with van der Waals surface area (Å²) in [6.45, 7) is 0.399. The first-order chi connectivity index (χ1) is 14.3. The summed E-state index contributed by atoms with van der Waals surface area (Å²) < 4.78 is 43.8. The van der Waals surface area contributed by atoms with Gasteiger partial charge in [-0.25, -0.2) is 4.79 Å². The number of rotatable bonds is 9. The molecule has 9 heteroatoms. The minimum atomic E-state index is -4.50. The normalized spacial score (nSPS) is 12.1. The summed E-state index contributed by atoms with van der Waals surface area (Å²) in [5, 5.41) is 4.89. The average Bonchev–Trinajstić information content (AvgIpc) is 2.72. The van der Waals surface area contributed by atoms with E-state index in [4.69, 9.17) is 10.5 Å². The second kappa shape index (κ2) is 11.2. The van der Waals surface area contributed by atoms with Crippen LogP contribution < -0.4 is 16.4 Å². The number of benzene rings is 2. The number of hydrogen-bond donors (Lipinski definition) is 3. The number of hydrogen-bond acceptors (Lipinski definition) is 5. The first-order valence-corrected chi connectivity index (χ1v) is 9.45. The van der Waals surface area contributed by atoms with Crippen molar-refractivity contribution in [3.8, 4) is 0 Å². The van der Waals surface area contributed by atoms with Gasteiger partial charge in [0, 0.05) is 5.69 Å². The second-order valence-electron chi connectivity index (χ2n) is 6.61. The molecule has 2 amide bonds. The lowest BCUT2D eigenvalue weighted by Crippen LogP contribution is -2.43. The highest BCUT2D eigenvalue weighted by Crippen LogP contribution is 2.30. The van der Waals surface area contributed by atoms with Gasteiger partial charge in [-0.05, 0) is 49.6 Å². The molecule has 2 rings (SSSR count). The van der Waals surface area contributed by atoms with Gasteiger partial charge in [-0.3, -0.25) is 10.1 Å². The van der Waals surface area contributed by atoms with Crippen molar-refractivity contribution < 1.29 is 27.5 Å². The lowest BCUT2D eigenvalue weighted by atomic mass is 10.1. The molecular weight excluding hydrogens is 399 g/mol. The van der Waals surface area contributed by atoms with Crippen molar-refractivity contribution in [1.29, 1.82) is 0 Å². The first kappa shape index (κ1) is 23.2. The van der Waals surface area contributed by atoms with Crippen LogP contribution in [-0.2, 0) is 22.3 Å². The molecule has 4 N–H and O–H groups in total. The summed E-state index contributed by atoms with van der Waals surface area (Å²) in [4.78, 5) is 24.5. The maximum absolute atomic E-state index is 12.9. The van der Waals surface area contributed by atoms with Crippen LogP contribution in [0, 0.1) is 0 Å². The molecule has 2 aromatic carbocycles. The minimum Gasteiger partial charge on any atom is -0.444 e. The van der Waals surface area contributed by atoms with Crippen LogP contribution in [0.15, 0.2) is 54.6 Å². The molecule has 1 atom stereocenters. The van der Waals surface area contributed by atoms with Gasteiger partial charge in [0.15, 0.2) is 0 Å². The number of anilines is 1. The Morgan fingerprint density at radius 2 is 1.77 bits per heavy atom. The molecule has 6 nitrogen and oxygen atoms in total. The molecule has 30 heavy (non-hydrogen) atoms. The van der Waals surface area contributed by atoms with E-state index in [1.165, 1.54) is 12.1 Å². The number of unbranched alkanes of at least 4 members (excludes halogenated alkanes) is 1. The molecule has 0 radical (unpaired) electrons. The molecule has 0 unspecified atom stereocenters. The standard InChI is InChI=1S/C21H24F3N3O3/c22-21(23,24)16-9-6-10-17(13-16)26-18(11-4-5-12-25)19(28)27-20(29)30-14-15-7-2-1-3-8-15/h1-3,6-10,13,18,26H,4-5,11-12,14,25H2,(H,27,28,29)/t18-/m0/s1. The fourth-order valence-corrected chi connectivity index (χ4v) is 2.70. The molecule has 162 valence electrons. The minimum absolute atomic E-state index is 0.0150. The van der Waals surface area contributed by atoms with Gasteiger partial charge in [0.1, 0.15) is 12.6 Å². The molecule has 0 spiro atoms. The highest BCUT2D eigenvalue weighted by atomic mass is 19.4. The first-order valence-electron chi connectivity index (χ1n) is 9.45. The molecule has 0 aromatic heterocycles. The van der Waals surface area contributed by atoms with Gasteiger partial charge in [0.05, 0.1) is 5.56 Å². The van der Waals surface area contributed by atoms with Gasteiger partial charge in [-0.2, -0.15) is 13.2 Å². The predicted molar refractivity (Wildman–Crippen MR) is 107 cm³/mol. The van der Waals surface area contributed by atoms with Crippen LogP contribution in [0.5, 0.6) is 0 Å². The molecule has 0 fully saturated rings. The Labute approximate surface area is 172 Å². The van der Waals surface area contributed by atoms with E-state index in [9.17, 15) is 22.8 Å². The number of imide groups is 1. The van der Waals surface area contributed by atoms with Crippen molar-refractivity contribution >= 4 is 17.7 Å². The van der Waals surface area contributed by atoms with E-state index in [0.29, 0.717) is 19.4 Å². The fourth-order valence-electron chi connectivity index (χ4n) is 2.70. The lowest BCUT2D eigenvalue weighted by Gasteiger charge is -2.20. The van der Waals surface area contributed by atoms with Gasteiger partial charge in [-0.15, -0.1) is 0 Å². The highest BCUT2D eigenvalue weighted by Gasteiger charge is 2.31.